The lowest BCUT2D eigenvalue weighted by Crippen LogP contribution is -2.40. The Kier molecular flexibility index (Phi) is 5.45. The standard InChI is InChI=1S/C15H17N3O2S/c1-11-6-9-21-13(11)10-18-15(20)14(19)17-8-5-12-4-2-3-7-16-12/h2-4,6-7,9H,5,8,10H2,1H3,(H,17,19)(H,18,20). The van der Waals surface area contributed by atoms with Gasteiger partial charge >= 0.3 is 11.8 Å². The van der Waals surface area contributed by atoms with Crippen LogP contribution in [0, 0.1) is 6.92 Å². The number of carbonyl (C=O) groups excluding carboxylic acids is 2. The number of hydrogen-bond acceptors (Lipinski definition) is 4. The molecule has 6 heteroatoms. The van der Waals surface area contributed by atoms with E-state index in [-0.39, 0.29) is 0 Å². The van der Waals surface area contributed by atoms with Crippen LogP contribution in [0.3, 0.4) is 0 Å². The first-order valence-corrected chi connectivity index (χ1v) is 7.53. The summed E-state index contributed by atoms with van der Waals surface area (Å²) in [4.78, 5) is 28.5. The molecule has 0 saturated carbocycles. The Morgan fingerprint density at radius 3 is 2.67 bits per heavy atom. The predicted molar refractivity (Wildman–Crippen MR) is 81.9 cm³/mol. The zero-order valence-corrected chi connectivity index (χ0v) is 12.6. The van der Waals surface area contributed by atoms with Crippen LogP contribution in [0.25, 0.3) is 0 Å². The number of pyridine rings is 1. The zero-order chi connectivity index (χ0) is 15.1. The first-order valence-electron chi connectivity index (χ1n) is 6.65. The fourth-order valence-electron chi connectivity index (χ4n) is 1.76. The second-order valence-electron chi connectivity index (χ2n) is 4.54. The highest BCUT2D eigenvalue weighted by atomic mass is 32.1. The van der Waals surface area contributed by atoms with E-state index in [0.29, 0.717) is 19.5 Å². The molecule has 2 aromatic heterocycles. The molecule has 0 aliphatic rings. The van der Waals surface area contributed by atoms with Crippen LogP contribution >= 0.6 is 11.3 Å². The molecule has 110 valence electrons. The maximum absolute atomic E-state index is 11.7. The highest BCUT2D eigenvalue weighted by molar-refractivity contribution is 7.10. The maximum atomic E-state index is 11.7. The number of aryl methyl sites for hydroxylation is 1. The molecule has 0 aromatic carbocycles. The summed E-state index contributed by atoms with van der Waals surface area (Å²) in [6, 6.07) is 7.59. The predicted octanol–water partition coefficient (Wildman–Crippen LogP) is 1.43. The molecule has 2 amide bonds. The van der Waals surface area contributed by atoms with Gasteiger partial charge in [-0.3, -0.25) is 14.6 Å². The molecule has 2 heterocycles. The molecule has 0 saturated heterocycles. The van der Waals surface area contributed by atoms with Gasteiger partial charge in [0.25, 0.3) is 0 Å². The summed E-state index contributed by atoms with van der Waals surface area (Å²) in [6.45, 7) is 2.75. The zero-order valence-electron chi connectivity index (χ0n) is 11.8. The summed E-state index contributed by atoms with van der Waals surface area (Å²) in [5.41, 5.74) is 2.00. The van der Waals surface area contributed by atoms with E-state index >= 15 is 0 Å². The van der Waals surface area contributed by atoms with Gasteiger partial charge in [-0.05, 0) is 36.1 Å². The number of rotatable bonds is 5. The van der Waals surface area contributed by atoms with Gasteiger partial charge < -0.3 is 10.6 Å². The van der Waals surface area contributed by atoms with E-state index in [2.05, 4.69) is 15.6 Å². The monoisotopic (exact) mass is 303 g/mol. The number of thiophene rings is 1. The molecular formula is C15H17N3O2S. The first kappa shape index (κ1) is 15.2. The minimum Gasteiger partial charge on any atom is -0.347 e. The van der Waals surface area contributed by atoms with Crippen LogP contribution in [0.4, 0.5) is 0 Å². The Balaban J connectivity index is 1.70. The lowest BCUT2D eigenvalue weighted by atomic mass is 10.2. The molecule has 0 fully saturated rings. The van der Waals surface area contributed by atoms with Crippen LogP contribution in [-0.4, -0.2) is 23.3 Å². The number of aromatic nitrogens is 1. The van der Waals surface area contributed by atoms with Gasteiger partial charge in [-0.2, -0.15) is 0 Å². The Morgan fingerprint density at radius 1 is 1.19 bits per heavy atom. The van der Waals surface area contributed by atoms with E-state index in [9.17, 15) is 9.59 Å². The van der Waals surface area contributed by atoms with Crippen LogP contribution < -0.4 is 10.6 Å². The second-order valence-corrected chi connectivity index (χ2v) is 5.54. The smallest absolute Gasteiger partial charge is 0.309 e. The normalized spacial score (nSPS) is 10.1. The third-order valence-corrected chi connectivity index (χ3v) is 4.00. The molecule has 0 aliphatic carbocycles. The fraction of sp³-hybridized carbons (Fsp3) is 0.267. The van der Waals surface area contributed by atoms with Crippen LogP contribution in [0.15, 0.2) is 35.8 Å². The highest BCUT2D eigenvalue weighted by Crippen LogP contribution is 2.14. The van der Waals surface area contributed by atoms with Crippen molar-refractivity contribution in [2.24, 2.45) is 0 Å². The van der Waals surface area contributed by atoms with Crippen molar-refractivity contribution in [3.63, 3.8) is 0 Å². The lowest BCUT2D eigenvalue weighted by Gasteiger charge is -2.06. The van der Waals surface area contributed by atoms with Crippen LogP contribution in [-0.2, 0) is 22.6 Å². The van der Waals surface area contributed by atoms with Crippen molar-refractivity contribution in [3.8, 4) is 0 Å². The molecule has 0 radical (unpaired) electrons. The van der Waals surface area contributed by atoms with Crippen molar-refractivity contribution in [1.29, 1.82) is 0 Å². The van der Waals surface area contributed by atoms with E-state index in [1.807, 2.05) is 36.6 Å². The molecule has 2 rings (SSSR count). The van der Waals surface area contributed by atoms with Crippen molar-refractivity contribution in [2.45, 2.75) is 19.9 Å². The molecule has 2 N–H and O–H groups in total. The number of nitrogens with one attached hydrogen (secondary N) is 2. The second kappa shape index (κ2) is 7.54. The third-order valence-electron chi connectivity index (χ3n) is 2.98. The number of nitrogens with zero attached hydrogens (tertiary/aromatic N) is 1. The SMILES string of the molecule is Cc1ccsc1CNC(=O)C(=O)NCCc1ccccn1. The summed E-state index contributed by atoms with van der Waals surface area (Å²) in [6.07, 6.45) is 2.30. The Morgan fingerprint density at radius 2 is 2.00 bits per heavy atom. The average Bonchev–Trinajstić information content (AvgIpc) is 2.91. The number of amides is 2. The van der Waals surface area contributed by atoms with E-state index in [1.54, 1.807) is 17.5 Å². The summed E-state index contributed by atoms with van der Waals surface area (Å²) in [5.74, 6) is -1.22. The Labute approximate surface area is 127 Å². The van der Waals surface area contributed by atoms with Crippen LogP contribution in [0.5, 0.6) is 0 Å². The van der Waals surface area contributed by atoms with Crippen LogP contribution in [0.1, 0.15) is 16.1 Å². The molecular weight excluding hydrogens is 286 g/mol. The largest absolute Gasteiger partial charge is 0.347 e. The molecule has 2 aromatic rings. The van der Waals surface area contributed by atoms with Gasteiger partial charge in [0.2, 0.25) is 0 Å². The quantitative estimate of drug-likeness (QED) is 0.821. The highest BCUT2D eigenvalue weighted by Gasteiger charge is 2.13. The van der Waals surface area contributed by atoms with Gasteiger partial charge in [0.1, 0.15) is 0 Å². The summed E-state index contributed by atoms with van der Waals surface area (Å²) < 4.78 is 0. The minimum atomic E-state index is -0.611. The number of hydrogen-bond donors (Lipinski definition) is 2. The Bertz CT molecular complexity index is 610. The molecule has 0 aliphatic heterocycles. The molecule has 0 unspecified atom stereocenters. The average molecular weight is 303 g/mol. The van der Waals surface area contributed by atoms with E-state index in [4.69, 9.17) is 0 Å². The molecule has 21 heavy (non-hydrogen) atoms. The van der Waals surface area contributed by atoms with Crippen molar-refractivity contribution < 1.29 is 9.59 Å². The topological polar surface area (TPSA) is 71.1 Å². The van der Waals surface area contributed by atoms with Gasteiger partial charge in [-0.25, -0.2) is 0 Å². The molecule has 0 atom stereocenters. The first-order chi connectivity index (χ1) is 10.2. The summed E-state index contributed by atoms with van der Waals surface area (Å²) in [7, 11) is 0. The summed E-state index contributed by atoms with van der Waals surface area (Å²) >= 11 is 1.56. The van der Waals surface area contributed by atoms with Gasteiger partial charge in [0, 0.05) is 29.7 Å². The minimum absolute atomic E-state index is 0.385. The van der Waals surface area contributed by atoms with Crippen molar-refractivity contribution in [1.82, 2.24) is 15.6 Å². The number of carbonyl (C=O) groups is 2. The van der Waals surface area contributed by atoms with E-state index < -0.39 is 11.8 Å². The molecule has 0 bridgehead atoms. The molecule has 0 spiro atoms. The third kappa shape index (κ3) is 4.68. The Hall–Kier alpha value is -2.21. The maximum Gasteiger partial charge on any atom is 0.309 e. The van der Waals surface area contributed by atoms with Crippen molar-refractivity contribution in [2.75, 3.05) is 6.54 Å². The van der Waals surface area contributed by atoms with Gasteiger partial charge in [-0.1, -0.05) is 6.07 Å². The van der Waals surface area contributed by atoms with Gasteiger partial charge in [0.15, 0.2) is 0 Å². The van der Waals surface area contributed by atoms with Crippen LogP contribution in [0.2, 0.25) is 0 Å². The van der Waals surface area contributed by atoms with Gasteiger partial charge in [0.05, 0.1) is 6.54 Å². The lowest BCUT2D eigenvalue weighted by molar-refractivity contribution is -0.139. The van der Waals surface area contributed by atoms with Crippen molar-refractivity contribution in [3.05, 3.63) is 52.0 Å². The van der Waals surface area contributed by atoms with E-state index in [0.717, 1.165) is 16.1 Å². The molecule has 5 nitrogen and oxygen atoms in total. The van der Waals surface area contributed by atoms with E-state index in [1.165, 1.54) is 0 Å². The summed E-state index contributed by atoms with van der Waals surface area (Å²) in [5, 5.41) is 7.17. The van der Waals surface area contributed by atoms with Crippen molar-refractivity contribution >= 4 is 23.2 Å². The van der Waals surface area contributed by atoms with Gasteiger partial charge in [-0.15, -0.1) is 11.3 Å². The fourth-order valence-corrected chi connectivity index (χ4v) is 2.60.